The van der Waals surface area contributed by atoms with Crippen molar-refractivity contribution in [2.24, 2.45) is 17.4 Å². The van der Waals surface area contributed by atoms with Crippen molar-refractivity contribution in [2.75, 3.05) is 32.0 Å². The predicted octanol–water partition coefficient (Wildman–Crippen LogP) is -5.96. The molecule has 28 nitrogen and oxygen atoms in total. The lowest BCUT2D eigenvalue weighted by atomic mass is 10.0. The average Bonchev–Trinajstić information content (AvgIpc) is 3.29. The second-order valence-electron chi connectivity index (χ2n) is 16.4. The summed E-state index contributed by atoms with van der Waals surface area (Å²) in [7, 11) is 0. The molecule has 0 bridgehead atoms. The maximum atomic E-state index is 13.7. The maximum Gasteiger partial charge on any atom is 0.327 e. The molecule has 0 radical (unpaired) electrons. The Bertz CT molecular complexity index is 2050. The Hall–Kier alpha value is -7.11. The van der Waals surface area contributed by atoms with Gasteiger partial charge in [0.1, 0.15) is 54.1 Å². The number of aliphatic hydroxyl groups is 1. The van der Waals surface area contributed by atoms with Gasteiger partial charge in [-0.25, -0.2) is 4.79 Å². The molecule has 29 heteroatoms. The summed E-state index contributed by atoms with van der Waals surface area (Å²) in [5.41, 5.74) is 11.4. The zero-order valence-corrected chi connectivity index (χ0v) is 40.1. The van der Waals surface area contributed by atoms with E-state index in [1.165, 1.54) is 31.2 Å². The van der Waals surface area contributed by atoms with Gasteiger partial charge in [0, 0.05) is 12.2 Å². The van der Waals surface area contributed by atoms with Crippen molar-refractivity contribution in [3.05, 3.63) is 29.8 Å². The molecule has 0 fully saturated rings. The number of nitrogens with one attached hydrogen (secondary N) is 9. The third kappa shape index (κ3) is 24.3. The Balaban J connectivity index is 3.25. The van der Waals surface area contributed by atoms with E-state index in [0.717, 1.165) is 0 Å². The Labute approximate surface area is 412 Å². The molecule has 8 atom stereocenters. The molecule has 1 rings (SSSR count). The Kier molecular flexibility index (Phi) is 27.8. The molecular weight excluding hydrogens is 963 g/mol. The van der Waals surface area contributed by atoms with E-state index in [1.807, 2.05) is 0 Å². The van der Waals surface area contributed by atoms with Crippen LogP contribution in [0.4, 0.5) is 0 Å². The molecule has 9 amide bonds. The molecule has 396 valence electrons. The van der Waals surface area contributed by atoms with E-state index in [1.54, 1.807) is 13.8 Å². The molecular formula is C42H65N11O17S. The lowest BCUT2D eigenvalue weighted by Crippen LogP contribution is -2.59. The van der Waals surface area contributed by atoms with Gasteiger partial charge in [0.15, 0.2) is 0 Å². The van der Waals surface area contributed by atoms with Crippen molar-refractivity contribution in [3.8, 4) is 5.75 Å². The first-order valence-electron chi connectivity index (χ1n) is 22.1. The maximum absolute atomic E-state index is 13.7. The summed E-state index contributed by atoms with van der Waals surface area (Å²) in [6.45, 7) is 2.41. The van der Waals surface area contributed by atoms with Crippen molar-refractivity contribution in [2.45, 2.75) is 114 Å². The third-order valence-electron chi connectivity index (χ3n) is 9.92. The number of unbranched alkanes of at least 4 members (excludes halogenated alkanes) is 1. The minimum absolute atomic E-state index is 0.0455. The zero-order valence-electron chi connectivity index (χ0n) is 39.2. The van der Waals surface area contributed by atoms with Gasteiger partial charge in [0.2, 0.25) is 53.2 Å². The third-order valence-corrected chi connectivity index (χ3v) is 10.3. The first-order valence-corrected chi connectivity index (χ1v) is 22.7. The second kappa shape index (κ2) is 31.9. The fourth-order valence-electron chi connectivity index (χ4n) is 6.15. The van der Waals surface area contributed by atoms with Crippen LogP contribution in [0.1, 0.15) is 64.9 Å². The lowest BCUT2D eigenvalue weighted by Gasteiger charge is -2.26. The summed E-state index contributed by atoms with van der Waals surface area (Å²) in [6, 6.07) is -6.79. The van der Waals surface area contributed by atoms with Crippen molar-refractivity contribution < 1.29 is 83.1 Å². The van der Waals surface area contributed by atoms with Gasteiger partial charge in [0.25, 0.3) is 0 Å². The number of thiol groups is 1. The van der Waals surface area contributed by atoms with Gasteiger partial charge in [-0.2, -0.15) is 12.6 Å². The van der Waals surface area contributed by atoms with Crippen LogP contribution in [0, 0.1) is 5.92 Å². The molecule has 0 aliphatic heterocycles. The van der Waals surface area contributed by atoms with Crippen LogP contribution < -0.4 is 59.3 Å². The molecule has 1 aromatic carbocycles. The summed E-state index contributed by atoms with van der Waals surface area (Å²) in [5, 5.41) is 67.5. The van der Waals surface area contributed by atoms with Crippen LogP contribution in [0.2, 0.25) is 0 Å². The SMILES string of the molecule is CC(C)C[C@H](NC(=O)[C@H](CCCCN)NC(=O)[C@H](CC(=O)O)NC(=O)CNC(=O)[C@@H](N)CO)C(=O)NCC(=O)N[C@@H](CC(=O)O)C(=O)N[C@@H](Cc1ccc(O)cc1)C(=O)N[C@@H](C)C(=O)N[C@@H](CS)C(=O)O. The first-order chi connectivity index (χ1) is 33.3. The van der Waals surface area contributed by atoms with E-state index >= 15 is 0 Å². The fraction of sp³-hybridized carbons (Fsp3) is 0.571. The van der Waals surface area contributed by atoms with Crippen LogP contribution >= 0.6 is 12.6 Å². The van der Waals surface area contributed by atoms with Crippen molar-refractivity contribution in [3.63, 3.8) is 0 Å². The minimum atomic E-state index is -1.87. The van der Waals surface area contributed by atoms with Crippen molar-refractivity contribution in [1.82, 2.24) is 47.9 Å². The Morgan fingerprint density at radius 3 is 1.51 bits per heavy atom. The summed E-state index contributed by atoms with van der Waals surface area (Å²) in [5.74, 6) is -14.4. The van der Waals surface area contributed by atoms with Crippen molar-refractivity contribution >= 4 is 83.7 Å². The zero-order chi connectivity index (χ0) is 54.0. The molecule has 1 aromatic rings. The smallest absolute Gasteiger partial charge is 0.327 e. The number of hydrogen-bond acceptors (Lipinski definition) is 17. The van der Waals surface area contributed by atoms with Crippen LogP contribution in [0.5, 0.6) is 5.75 Å². The van der Waals surface area contributed by atoms with E-state index < -0.39 is 152 Å². The predicted molar refractivity (Wildman–Crippen MR) is 250 cm³/mol. The van der Waals surface area contributed by atoms with E-state index in [9.17, 15) is 78.0 Å². The van der Waals surface area contributed by atoms with E-state index in [0.29, 0.717) is 12.0 Å². The van der Waals surface area contributed by atoms with Gasteiger partial charge in [0.05, 0.1) is 32.5 Å². The Morgan fingerprint density at radius 1 is 0.577 bits per heavy atom. The number of hydrogen-bond donors (Lipinski definition) is 17. The van der Waals surface area contributed by atoms with Gasteiger partial charge < -0.3 is 84.9 Å². The van der Waals surface area contributed by atoms with Crippen LogP contribution in [-0.2, 0) is 64.0 Å². The van der Waals surface area contributed by atoms with Gasteiger partial charge >= 0.3 is 17.9 Å². The standard InChI is InChI=1S/C42H65N11O17S/c1-20(2)12-26(51-38(65)25(6-4-5-11-43)50-40(67)28(14-33(58)59)48-31(56)16-45-36(63)24(44)18-54)37(64)46-17-32(57)49-29(15-34(60)61)41(68)52-27(13-22-7-9-23(55)10-8-22)39(66)47-21(3)35(62)53-30(19-71)42(69)70/h7-10,20-21,24-30,54-55,71H,4-6,11-19,43-44H2,1-3H3,(H,45,63)(H,46,64)(H,47,66)(H,48,56)(H,49,57)(H,50,67)(H,51,65)(H,52,68)(H,53,62)(H,58,59)(H,60,61)(H,69,70)/t21-,24-,25-,26-,27-,28-,29-,30-/m0/s1. The highest BCUT2D eigenvalue weighted by atomic mass is 32.1. The number of rotatable bonds is 33. The number of carbonyl (C=O) groups is 12. The summed E-state index contributed by atoms with van der Waals surface area (Å²) in [6.07, 6.45) is -1.80. The van der Waals surface area contributed by atoms with Gasteiger partial charge in [-0.3, -0.25) is 52.7 Å². The second-order valence-corrected chi connectivity index (χ2v) is 16.8. The van der Waals surface area contributed by atoms with Crippen molar-refractivity contribution in [1.29, 1.82) is 0 Å². The molecule has 0 aliphatic rings. The van der Waals surface area contributed by atoms with E-state index in [2.05, 4.69) is 60.5 Å². The van der Waals surface area contributed by atoms with Crippen LogP contribution in [-0.4, -0.2) is 177 Å². The van der Waals surface area contributed by atoms with E-state index in [4.69, 9.17) is 16.6 Å². The molecule has 0 saturated heterocycles. The number of carboxylic acids is 3. The number of phenols is 1. The highest BCUT2D eigenvalue weighted by Gasteiger charge is 2.33. The number of aliphatic carboxylic acids is 3. The quantitative estimate of drug-likeness (QED) is 0.0230. The first kappa shape index (κ1) is 61.9. The van der Waals surface area contributed by atoms with Crippen LogP contribution in [0.15, 0.2) is 24.3 Å². The number of aliphatic hydroxyl groups excluding tert-OH is 1. The molecule has 18 N–H and O–H groups in total. The monoisotopic (exact) mass is 1030 g/mol. The normalized spacial score (nSPS) is 14.3. The van der Waals surface area contributed by atoms with Crippen LogP contribution in [0.3, 0.4) is 0 Å². The molecule has 0 aliphatic carbocycles. The Morgan fingerprint density at radius 2 is 1.04 bits per heavy atom. The largest absolute Gasteiger partial charge is 0.508 e. The topological polar surface area (TPSA) is 466 Å². The van der Waals surface area contributed by atoms with Gasteiger partial charge in [-0.1, -0.05) is 26.0 Å². The number of carbonyl (C=O) groups excluding carboxylic acids is 9. The molecule has 0 unspecified atom stereocenters. The molecule has 0 heterocycles. The molecule has 0 saturated carbocycles. The minimum Gasteiger partial charge on any atom is -0.508 e. The van der Waals surface area contributed by atoms with Gasteiger partial charge in [-0.05, 0) is 62.8 Å². The van der Waals surface area contributed by atoms with E-state index in [-0.39, 0.29) is 49.6 Å². The number of benzene rings is 1. The summed E-state index contributed by atoms with van der Waals surface area (Å²) >= 11 is 3.88. The number of carboxylic acid groups (broad SMARTS) is 3. The highest BCUT2D eigenvalue weighted by molar-refractivity contribution is 7.80. The lowest BCUT2D eigenvalue weighted by molar-refractivity contribution is -0.142. The average molecular weight is 1030 g/mol. The number of amides is 9. The molecule has 0 aromatic heterocycles. The number of aromatic hydroxyl groups is 1. The number of nitrogens with two attached hydrogens (primary N) is 2. The van der Waals surface area contributed by atoms with Gasteiger partial charge in [-0.15, -0.1) is 0 Å². The molecule has 71 heavy (non-hydrogen) atoms. The fourth-order valence-corrected chi connectivity index (χ4v) is 6.40. The molecule has 0 spiro atoms. The summed E-state index contributed by atoms with van der Waals surface area (Å²) < 4.78 is 0. The summed E-state index contributed by atoms with van der Waals surface area (Å²) in [4.78, 5) is 153. The van der Waals surface area contributed by atoms with Crippen LogP contribution in [0.25, 0.3) is 0 Å². The number of phenolic OH excluding ortho intramolecular Hbond substituents is 1. The highest BCUT2D eigenvalue weighted by Crippen LogP contribution is 2.13.